The maximum absolute atomic E-state index is 11.4. The molecule has 1 aliphatic carbocycles. The molecule has 136 valence electrons. The van der Waals surface area contributed by atoms with Gasteiger partial charge in [0.25, 0.3) is 0 Å². The quantitative estimate of drug-likeness (QED) is 0.747. The van der Waals surface area contributed by atoms with E-state index in [1.54, 1.807) is 12.1 Å². The summed E-state index contributed by atoms with van der Waals surface area (Å²) in [5.74, 6) is -0.276. The number of ether oxygens (including phenoxy) is 2. The fourth-order valence-corrected chi connectivity index (χ4v) is 3.90. The van der Waals surface area contributed by atoms with E-state index >= 15 is 0 Å². The van der Waals surface area contributed by atoms with E-state index in [4.69, 9.17) is 9.47 Å². The number of carboxylic acids is 2. The number of carbonyl (C=O) groups is 2. The van der Waals surface area contributed by atoms with Gasteiger partial charge in [-0.2, -0.15) is 0 Å². The summed E-state index contributed by atoms with van der Waals surface area (Å²) in [5.41, 5.74) is 0.108. The number of fused-ring (bicyclic) bond motifs is 1. The van der Waals surface area contributed by atoms with E-state index in [1.807, 2.05) is 0 Å². The van der Waals surface area contributed by atoms with Crippen LogP contribution in [0.1, 0.15) is 36.0 Å². The molecule has 3 rings (SSSR count). The van der Waals surface area contributed by atoms with Crippen molar-refractivity contribution in [3.8, 4) is 11.5 Å². The fourth-order valence-electron chi connectivity index (χ4n) is 3.90. The van der Waals surface area contributed by atoms with Crippen molar-refractivity contribution in [3.05, 3.63) is 23.8 Å². The number of aromatic carboxylic acids is 1. The number of methoxy groups -OCH3 is 1. The molecule has 1 aromatic carbocycles. The second-order valence-electron chi connectivity index (χ2n) is 6.78. The van der Waals surface area contributed by atoms with Crippen molar-refractivity contribution in [2.24, 2.45) is 11.8 Å². The average molecular weight is 349 g/mol. The number of carboxylic acid groups (broad SMARTS) is 2. The molecule has 1 saturated heterocycles. The molecule has 0 amide bonds. The zero-order valence-electron chi connectivity index (χ0n) is 14.1. The minimum atomic E-state index is -1.04. The van der Waals surface area contributed by atoms with E-state index in [2.05, 4.69) is 5.32 Å². The lowest BCUT2D eigenvalue weighted by atomic mass is 9.72. The van der Waals surface area contributed by atoms with Gasteiger partial charge in [0.1, 0.15) is 23.1 Å². The minimum Gasteiger partial charge on any atom is -0.497 e. The predicted molar refractivity (Wildman–Crippen MR) is 89.2 cm³/mol. The summed E-state index contributed by atoms with van der Waals surface area (Å²) in [6, 6.07) is 4.16. The average Bonchev–Trinajstić information content (AvgIpc) is 2.60. The second kappa shape index (κ2) is 7.31. The number of benzene rings is 1. The second-order valence-corrected chi connectivity index (χ2v) is 6.78. The van der Waals surface area contributed by atoms with Crippen LogP contribution in [0, 0.1) is 11.8 Å². The van der Waals surface area contributed by atoms with Crippen molar-refractivity contribution in [3.63, 3.8) is 0 Å². The van der Waals surface area contributed by atoms with Crippen LogP contribution in [0.4, 0.5) is 0 Å². The maximum Gasteiger partial charge on any atom is 0.339 e. The first-order chi connectivity index (χ1) is 12.0. The third-order valence-corrected chi connectivity index (χ3v) is 5.27. The van der Waals surface area contributed by atoms with Crippen molar-refractivity contribution in [2.75, 3.05) is 13.7 Å². The van der Waals surface area contributed by atoms with Gasteiger partial charge in [-0.25, -0.2) is 4.79 Å². The van der Waals surface area contributed by atoms with Gasteiger partial charge in [-0.05, 0) is 56.2 Å². The summed E-state index contributed by atoms with van der Waals surface area (Å²) in [6.07, 6.45) is 2.99. The zero-order valence-corrected chi connectivity index (χ0v) is 14.1. The van der Waals surface area contributed by atoms with Crippen LogP contribution in [0.15, 0.2) is 18.2 Å². The molecule has 7 heteroatoms. The number of aliphatic carboxylic acids is 1. The number of hydrogen-bond acceptors (Lipinski definition) is 5. The van der Waals surface area contributed by atoms with Gasteiger partial charge in [0.05, 0.1) is 13.2 Å². The number of rotatable bonds is 5. The van der Waals surface area contributed by atoms with E-state index in [-0.39, 0.29) is 17.6 Å². The van der Waals surface area contributed by atoms with Gasteiger partial charge >= 0.3 is 11.9 Å². The zero-order chi connectivity index (χ0) is 18.0. The first kappa shape index (κ1) is 17.5. The predicted octanol–water partition coefficient (Wildman–Crippen LogP) is 2.00. The molecule has 25 heavy (non-hydrogen) atoms. The van der Waals surface area contributed by atoms with E-state index < -0.39 is 18.0 Å². The molecule has 1 aromatic rings. The molecule has 0 bridgehead atoms. The standard InChI is InChI=1S/C18H23NO6/c1-24-12-4-5-14(17(20)21)16(8-12)25-13-3-2-10-9-19-15(18(22)23)7-11(10)6-13/h4-5,8,10-11,13,15,19H,2-3,6-7,9H2,1H3,(H,20,21)(H,22,23)/t10-,11+,13-,15-/m0/s1. The number of nitrogens with one attached hydrogen (secondary N) is 1. The van der Waals surface area contributed by atoms with Gasteiger partial charge in [0.2, 0.25) is 0 Å². The summed E-state index contributed by atoms with van der Waals surface area (Å²) in [7, 11) is 1.52. The lowest BCUT2D eigenvalue weighted by Gasteiger charge is -2.41. The van der Waals surface area contributed by atoms with Crippen LogP contribution >= 0.6 is 0 Å². The molecule has 0 unspecified atom stereocenters. The van der Waals surface area contributed by atoms with Crippen LogP contribution in [0.3, 0.4) is 0 Å². The largest absolute Gasteiger partial charge is 0.497 e. The topological polar surface area (TPSA) is 105 Å². The van der Waals surface area contributed by atoms with Crippen molar-refractivity contribution in [2.45, 2.75) is 37.8 Å². The van der Waals surface area contributed by atoms with Crippen molar-refractivity contribution in [1.29, 1.82) is 0 Å². The SMILES string of the molecule is COc1ccc(C(=O)O)c(O[C@H]2CC[C@H]3CN[C@H](C(=O)O)C[C@H]3C2)c1. The van der Waals surface area contributed by atoms with Gasteiger partial charge in [-0.1, -0.05) is 0 Å². The Hall–Kier alpha value is -2.28. The Bertz CT molecular complexity index is 661. The summed E-state index contributed by atoms with van der Waals surface area (Å²) in [4.78, 5) is 22.6. The van der Waals surface area contributed by atoms with Crippen LogP contribution in [0.2, 0.25) is 0 Å². The molecular formula is C18H23NO6. The summed E-state index contributed by atoms with van der Waals surface area (Å²) in [5, 5.41) is 21.6. The highest BCUT2D eigenvalue weighted by atomic mass is 16.5. The van der Waals surface area contributed by atoms with Gasteiger partial charge in [-0.15, -0.1) is 0 Å². The highest BCUT2D eigenvalue weighted by molar-refractivity contribution is 5.91. The van der Waals surface area contributed by atoms with Crippen molar-refractivity contribution < 1.29 is 29.3 Å². The van der Waals surface area contributed by atoms with E-state index in [1.165, 1.54) is 13.2 Å². The Balaban J connectivity index is 1.71. The summed E-state index contributed by atoms with van der Waals surface area (Å²) < 4.78 is 11.2. The van der Waals surface area contributed by atoms with E-state index in [0.717, 1.165) is 19.3 Å². The Kier molecular flexibility index (Phi) is 5.13. The van der Waals surface area contributed by atoms with Crippen molar-refractivity contribution in [1.82, 2.24) is 5.32 Å². The van der Waals surface area contributed by atoms with Gasteiger partial charge in [-0.3, -0.25) is 4.79 Å². The Morgan fingerprint density at radius 2 is 1.96 bits per heavy atom. The minimum absolute atomic E-state index is 0.108. The molecule has 1 saturated carbocycles. The Morgan fingerprint density at radius 1 is 1.16 bits per heavy atom. The number of piperidine rings is 1. The van der Waals surface area contributed by atoms with E-state index in [9.17, 15) is 19.8 Å². The maximum atomic E-state index is 11.4. The normalized spacial score (nSPS) is 28.7. The molecule has 1 aliphatic heterocycles. The molecule has 2 fully saturated rings. The van der Waals surface area contributed by atoms with Gasteiger partial charge in [0.15, 0.2) is 0 Å². The van der Waals surface area contributed by atoms with Crippen LogP contribution in [-0.2, 0) is 4.79 Å². The molecule has 0 radical (unpaired) electrons. The summed E-state index contributed by atoms with van der Waals surface area (Å²) >= 11 is 0. The fraction of sp³-hybridized carbons (Fsp3) is 0.556. The van der Waals surface area contributed by atoms with Crippen molar-refractivity contribution >= 4 is 11.9 Å². The number of hydrogen-bond donors (Lipinski definition) is 3. The summed E-state index contributed by atoms with van der Waals surface area (Å²) in [6.45, 7) is 0.716. The van der Waals surface area contributed by atoms with Crippen LogP contribution < -0.4 is 14.8 Å². The van der Waals surface area contributed by atoms with Crippen LogP contribution in [0.5, 0.6) is 11.5 Å². The molecule has 2 aliphatic rings. The molecule has 7 nitrogen and oxygen atoms in total. The smallest absolute Gasteiger partial charge is 0.339 e. The van der Waals surface area contributed by atoms with Crippen LogP contribution in [-0.4, -0.2) is 48.0 Å². The first-order valence-corrected chi connectivity index (χ1v) is 8.52. The van der Waals surface area contributed by atoms with Gasteiger partial charge in [0, 0.05) is 6.07 Å². The molecule has 0 spiro atoms. The highest BCUT2D eigenvalue weighted by Crippen LogP contribution is 2.38. The van der Waals surface area contributed by atoms with Gasteiger partial charge < -0.3 is 25.0 Å². The highest BCUT2D eigenvalue weighted by Gasteiger charge is 2.38. The van der Waals surface area contributed by atoms with Crippen LogP contribution in [0.25, 0.3) is 0 Å². The monoisotopic (exact) mass is 349 g/mol. The molecule has 4 atom stereocenters. The van der Waals surface area contributed by atoms with E-state index in [0.29, 0.717) is 30.4 Å². The third-order valence-electron chi connectivity index (χ3n) is 5.27. The Morgan fingerprint density at radius 3 is 2.64 bits per heavy atom. The Labute approximate surface area is 145 Å². The molecule has 1 heterocycles. The first-order valence-electron chi connectivity index (χ1n) is 8.52. The molecule has 3 N–H and O–H groups in total. The molecular weight excluding hydrogens is 326 g/mol. The lowest BCUT2D eigenvalue weighted by molar-refractivity contribution is -0.141. The third kappa shape index (κ3) is 3.87. The lowest BCUT2D eigenvalue weighted by Crippen LogP contribution is -2.50. The molecule has 0 aromatic heterocycles.